The van der Waals surface area contributed by atoms with Gasteiger partial charge in [0.05, 0.1) is 6.20 Å². The van der Waals surface area contributed by atoms with E-state index < -0.39 is 0 Å². The molecule has 0 aromatic carbocycles. The van der Waals surface area contributed by atoms with E-state index in [-0.39, 0.29) is 10.8 Å². The second-order valence-electron chi connectivity index (χ2n) is 2.93. The smallest absolute Gasteiger partial charge is 0.172 e. The lowest BCUT2D eigenvalue weighted by Gasteiger charge is -2.03. The highest BCUT2D eigenvalue weighted by molar-refractivity contribution is 6.31. The standard InChI is InChI=1S/C8H7ClN4/c9-7-8(13-5-1-2-5)11-4-6(3-10)12-7/h4-5H,1-2H2,(H,11,13). The summed E-state index contributed by atoms with van der Waals surface area (Å²) < 4.78 is 0. The maximum Gasteiger partial charge on any atom is 0.172 e. The van der Waals surface area contributed by atoms with Crippen LogP contribution in [0.25, 0.3) is 0 Å². The van der Waals surface area contributed by atoms with Crippen molar-refractivity contribution in [2.45, 2.75) is 18.9 Å². The van der Waals surface area contributed by atoms with E-state index in [2.05, 4.69) is 15.3 Å². The summed E-state index contributed by atoms with van der Waals surface area (Å²) in [5, 5.41) is 11.9. The number of nitriles is 1. The summed E-state index contributed by atoms with van der Waals surface area (Å²) in [5.74, 6) is 0.572. The van der Waals surface area contributed by atoms with Crippen LogP contribution in [-0.2, 0) is 0 Å². The molecule has 1 fully saturated rings. The van der Waals surface area contributed by atoms with Gasteiger partial charge in [0.2, 0.25) is 0 Å². The van der Waals surface area contributed by atoms with Crippen LogP contribution in [0.3, 0.4) is 0 Å². The van der Waals surface area contributed by atoms with Gasteiger partial charge in [0.15, 0.2) is 16.7 Å². The molecule has 1 N–H and O–H groups in total. The van der Waals surface area contributed by atoms with Gasteiger partial charge in [-0.1, -0.05) is 11.6 Å². The van der Waals surface area contributed by atoms with Gasteiger partial charge >= 0.3 is 0 Å². The van der Waals surface area contributed by atoms with Crippen molar-refractivity contribution in [3.8, 4) is 6.07 Å². The Balaban J connectivity index is 2.21. The van der Waals surface area contributed by atoms with E-state index in [4.69, 9.17) is 16.9 Å². The highest BCUT2D eigenvalue weighted by Crippen LogP contribution is 2.26. The molecule has 1 aliphatic rings. The monoisotopic (exact) mass is 194 g/mol. The molecule has 0 spiro atoms. The molecule has 0 atom stereocenters. The van der Waals surface area contributed by atoms with Crippen LogP contribution in [0.5, 0.6) is 0 Å². The van der Waals surface area contributed by atoms with E-state index in [1.54, 1.807) is 0 Å². The number of nitrogens with zero attached hydrogens (tertiary/aromatic N) is 3. The molecule has 13 heavy (non-hydrogen) atoms. The van der Waals surface area contributed by atoms with Gasteiger partial charge in [-0.2, -0.15) is 5.26 Å². The van der Waals surface area contributed by atoms with Crippen LogP contribution in [0, 0.1) is 11.3 Å². The molecular weight excluding hydrogens is 188 g/mol. The van der Waals surface area contributed by atoms with Crippen molar-refractivity contribution in [2.24, 2.45) is 0 Å². The quantitative estimate of drug-likeness (QED) is 0.777. The van der Waals surface area contributed by atoms with Crippen LogP contribution in [0.1, 0.15) is 18.5 Å². The average Bonchev–Trinajstić information content (AvgIpc) is 2.92. The van der Waals surface area contributed by atoms with Crippen molar-refractivity contribution in [3.63, 3.8) is 0 Å². The molecule has 4 nitrogen and oxygen atoms in total. The minimum absolute atomic E-state index is 0.242. The highest BCUT2D eigenvalue weighted by Gasteiger charge is 2.22. The molecular formula is C8H7ClN4. The van der Waals surface area contributed by atoms with E-state index >= 15 is 0 Å². The maximum atomic E-state index is 8.52. The zero-order valence-electron chi connectivity index (χ0n) is 6.79. The predicted octanol–water partition coefficient (Wildman–Crippen LogP) is 1.58. The van der Waals surface area contributed by atoms with Crippen molar-refractivity contribution >= 4 is 17.4 Å². The Morgan fingerprint density at radius 2 is 2.38 bits per heavy atom. The van der Waals surface area contributed by atoms with Crippen LogP contribution >= 0.6 is 11.6 Å². The number of hydrogen-bond donors (Lipinski definition) is 1. The fourth-order valence-electron chi connectivity index (χ4n) is 0.938. The third-order valence-corrected chi connectivity index (χ3v) is 2.03. The topological polar surface area (TPSA) is 61.6 Å². The Labute approximate surface area is 80.6 Å². The second kappa shape index (κ2) is 3.19. The maximum absolute atomic E-state index is 8.52. The molecule has 0 bridgehead atoms. The fraction of sp³-hybridized carbons (Fsp3) is 0.375. The minimum Gasteiger partial charge on any atom is -0.365 e. The van der Waals surface area contributed by atoms with Crippen molar-refractivity contribution in [1.29, 1.82) is 5.26 Å². The Kier molecular flexibility index (Phi) is 2.03. The van der Waals surface area contributed by atoms with Crippen molar-refractivity contribution in [1.82, 2.24) is 9.97 Å². The Morgan fingerprint density at radius 1 is 1.62 bits per heavy atom. The molecule has 2 rings (SSSR count). The molecule has 1 aromatic rings. The van der Waals surface area contributed by atoms with E-state index in [1.807, 2.05) is 6.07 Å². The molecule has 66 valence electrons. The predicted molar refractivity (Wildman–Crippen MR) is 48.4 cm³/mol. The number of anilines is 1. The lowest BCUT2D eigenvalue weighted by Crippen LogP contribution is -2.04. The summed E-state index contributed by atoms with van der Waals surface area (Å²) in [6, 6.07) is 2.36. The Bertz CT molecular complexity index is 367. The van der Waals surface area contributed by atoms with E-state index in [9.17, 15) is 0 Å². The Morgan fingerprint density at radius 3 is 2.92 bits per heavy atom. The zero-order valence-corrected chi connectivity index (χ0v) is 7.54. The van der Waals surface area contributed by atoms with Gasteiger partial charge in [-0.3, -0.25) is 0 Å². The molecule has 0 radical (unpaired) electrons. The molecule has 0 amide bonds. The third-order valence-electron chi connectivity index (χ3n) is 1.76. The number of hydrogen-bond acceptors (Lipinski definition) is 4. The Hall–Kier alpha value is -1.34. The first-order valence-corrected chi connectivity index (χ1v) is 4.36. The van der Waals surface area contributed by atoms with Crippen LogP contribution in [0.4, 0.5) is 5.82 Å². The largest absolute Gasteiger partial charge is 0.365 e. The van der Waals surface area contributed by atoms with Crippen molar-refractivity contribution in [2.75, 3.05) is 5.32 Å². The van der Waals surface area contributed by atoms with Gasteiger partial charge in [-0.25, -0.2) is 9.97 Å². The summed E-state index contributed by atoms with van der Waals surface area (Å²) in [6.07, 6.45) is 3.71. The molecule has 5 heteroatoms. The summed E-state index contributed by atoms with van der Waals surface area (Å²) in [4.78, 5) is 7.85. The highest BCUT2D eigenvalue weighted by atomic mass is 35.5. The van der Waals surface area contributed by atoms with Crippen LogP contribution in [-0.4, -0.2) is 16.0 Å². The first-order valence-electron chi connectivity index (χ1n) is 3.99. The van der Waals surface area contributed by atoms with Gasteiger partial charge in [-0.05, 0) is 12.8 Å². The van der Waals surface area contributed by atoms with Gasteiger partial charge in [-0.15, -0.1) is 0 Å². The number of halogens is 1. The molecule has 1 heterocycles. The molecule has 0 saturated heterocycles. The van der Waals surface area contributed by atoms with Crippen LogP contribution in [0.2, 0.25) is 5.15 Å². The van der Waals surface area contributed by atoms with Gasteiger partial charge in [0.25, 0.3) is 0 Å². The first-order chi connectivity index (χ1) is 6.29. The summed E-state index contributed by atoms with van der Waals surface area (Å²) in [5.41, 5.74) is 0.242. The molecule has 0 aliphatic heterocycles. The summed E-state index contributed by atoms with van der Waals surface area (Å²) in [7, 11) is 0. The molecule has 1 saturated carbocycles. The molecule has 1 aromatic heterocycles. The van der Waals surface area contributed by atoms with E-state index in [0.29, 0.717) is 11.9 Å². The normalized spacial score (nSPS) is 15.1. The van der Waals surface area contributed by atoms with Gasteiger partial charge < -0.3 is 5.32 Å². The lowest BCUT2D eigenvalue weighted by atomic mass is 10.5. The van der Waals surface area contributed by atoms with Crippen LogP contribution in [0.15, 0.2) is 6.20 Å². The van der Waals surface area contributed by atoms with E-state index in [0.717, 1.165) is 12.8 Å². The SMILES string of the molecule is N#Cc1cnc(NC2CC2)c(Cl)n1. The van der Waals surface area contributed by atoms with Crippen molar-refractivity contribution < 1.29 is 0 Å². The fourth-order valence-corrected chi connectivity index (χ4v) is 1.13. The second-order valence-corrected chi connectivity index (χ2v) is 3.28. The third kappa shape index (κ3) is 1.87. The zero-order chi connectivity index (χ0) is 9.26. The van der Waals surface area contributed by atoms with Gasteiger partial charge in [0, 0.05) is 6.04 Å². The number of rotatable bonds is 2. The summed E-state index contributed by atoms with van der Waals surface area (Å²) >= 11 is 5.79. The minimum atomic E-state index is 0.242. The molecule has 0 unspecified atom stereocenters. The lowest BCUT2D eigenvalue weighted by molar-refractivity contribution is 1.08. The summed E-state index contributed by atoms with van der Waals surface area (Å²) in [6.45, 7) is 0. The van der Waals surface area contributed by atoms with Crippen molar-refractivity contribution in [3.05, 3.63) is 17.0 Å². The van der Waals surface area contributed by atoms with Crippen LogP contribution < -0.4 is 5.32 Å². The number of nitrogens with one attached hydrogen (secondary N) is 1. The van der Waals surface area contributed by atoms with Gasteiger partial charge in [0.1, 0.15) is 6.07 Å². The first kappa shape index (κ1) is 8.27. The molecule has 1 aliphatic carbocycles. The van der Waals surface area contributed by atoms with E-state index in [1.165, 1.54) is 6.20 Å². The average molecular weight is 195 g/mol. The number of aromatic nitrogens is 2.